The molecule has 1 amide bonds. The molecule has 1 fully saturated rings. The molecule has 0 unspecified atom stereocenters. The molecule has 5 nitrogen and oxygen atoms in total. The number of benzene rings is 1. The van der Waals surface area contributed by atoms with Gasteiger partial charge in [-0.25, -0.2) is 0 Å². The predicted molar refractivity (Wildman–Crippen MR) is 92.8 cm³/mol. The first kappa shape index (κ1) is 17.0. The van der Waals surface area contributed by atoms with Gasteiger partial charge in [-0.3, -0.25) is 4.79 Å². The van der Waals surface area contributed by atoms with E-state index in [-0.39, 0.29) is 11.8 Å². The molecular weight excluding hydrogens is 326 g/mol. The van der Waals surface area contributed by atoms with E-state index in [1.165, 1.54) is 0 Å². The molecule has 0 radical (unpaired) electrons. The monoisotopic (exact) mass is 347 g/mol. The van der Waals surface area contributed by atoms with Gasteiger partial charge in [0.25, 0.3) is 0 Å². The standard InChI is InChI=1S/C18H22ClN3O2/c1-2-3-7-16(23)22-10-8-13(9-11-22)18-20-17(21-24-18)14-5-4-6-15(19)12-14/h4-6,12-13H,2-3,7-11H2,1H3. The number of nitrogens with zero attached hydrogens (tertiary/aromatic N) is 3. The number of hydrogen-bond acceptors (Lipinski definition) is 4. The molecule has 24 heavy (non-hydrogen) atoms. The summed E-state index contributed by atoms with van der Waals surface area (Å²) in [4.78, 5) is 18.6. The molecule has 1 aliphatic heterocycles. The largest absolute Gasteiger partial charge is 0.343 e. The first-order valence-corrected chi connectivity index (χ1v) is 8.92. The Bertz CT molecular complexity index is 693. The number of halogens is 1. The number of amides is 1. The van der Waals surface area contributed by atoms with Crippen LogP contribution in [0.1, 0.15) is 50.8 Å². The minimum atomic E-state index is 0.223. The molecule has 0 atom stereocenters. The van der Waals surface area contributed by atoms with Crippen molar-refractivity contribution in [3.05, 3.63) is 35.2 Å². The number of hydrogen-bond donors (Lipinski definition) is 0. The number of piperidine rings is 1. The summed E-state index contributed by atoms with van der Waals surface area (Å²) in [5.74, 6) is 1.71. The van der Waals surface area contributed by atoms with Crippen molar-refractivity contribution in [3.63, 3.8) is 0 Å². The Kier molecular flexibility index (Phi) is 5.51. The van der Waals surface area contributed by atoms with E-state index in [0.29, 0.717) is 23.2 Å². The van der Waals surface area contributed by atoms with Crippen LogP contribution in [0.5, 0.6) is 0 Å². The highest BCUT2D eigenvalue weighted by Gasteiger charge is 2.27. The van der Waals surface area contributed by atoms with Crippen LogP contribution >= 0.6 is 11.6 Å². The molecule has 0 saturated carbocycles. The highest BCUT2D eigenvalue weighted by molar-refractivity contribution is 6.30. The van der Waals surface area contributed by atoms with Crippen LogP contribution in [-0.4, -0.2) is 34.0 Å². The van der Waals surface area contributed by atoms with Gasteiger partial charge >= 0.3 is 0 Å². The molecule has 2 aromatic rings. The van der Waals surface area contributed by atoms with Crippen LogP contribution in [0, 0.1) is 0 Å². The summed E-state index contributed by atoms with van der Waals surface area (Å²) < 4.78 is 5.45. The number of rotatable bonds is 5. The minimum Gasteiger partial charge on any atom is -0.343 e. The first-order chi connectivity index (χ1) is 11.7. The van der Waals surface area contributed by atoms with E-state index < -0.39 is 0 Å². The Morgan fingerprint density at radius 1 is 1.38 bits per heavy atom. The van der Waals surface area contributed by atoms with E-state index in [0.717, 1.165) is 44.3 Å². The van der Waals surface area contributed by atoms with E-state index >= 15 is 0 Å². The lowest BCUT2D eigenvalue weighted by atomic mass is 9.96. The molecule has 1 saturated heterocycles. The highest BCUT2D eigenvalue weighted by Crippen LogP contribution is 2.29. The van der Waals surface area contributed by atoms with E-state index in [2.05, 4.69) is 17.1 Å². The number of likely N-dealkylation sites (tertiary alicyclic amines) is 1. The normalized spacial score (nSPS) is 15.7. The number of unbranched alkanes of at least 4 members (excludes halogenated alkanes) is 1. The van der Waals surface area contributed by atoms with Gasteiger partial charge < -0.3 is 9.42 Å². The lowest BCUT2D eigenvalue weighted by molar-refractivity contribution is -0.132. The second-order valence-electron chi connectivity index (χ2n) is 6.23. The fourth-order valence-corrected chi connectivity index (χ4v) is 3.20. The maximum absolute atomic E-state index is 12.1. The summed E-state index contributed by atoms with van der Waals surface area (Å²) in [7, 11) is 0. The van der Waals surface area contributed by atoms with E-state index in [1.807, 2.05) is 29.2 Å². The van der Waals surface area contributed by atoms with Gasteiger partial charge in [-0.05, 0) is 31.4 Å². The van der Waals surface area contributed by atoms with Gasteiger partial charge in [-0.15, -0.1) is 0 Å². The quantitative estimate of drug-likeness (QED) is 0.809. The minimum absolute atomic E-state index is 0.223. The van der Waals surface area contributed by atoms with Crippen molar-refractivity contribution < 1.29 is 9.32 Å². The summed E-state index contributed by atoms with van der Waals surface area (Å²) in [5, 5.41) is 4.72. The van der Waals surface area contributed by atoms with Crippen molar-refractivity contribution in [2.75, 3.05) is 13.1 Å². The molecule has 0 spiro atoms. The van der Waals surface area contributed by atoms with E-state index in [1.54, 1.807) is 0 Å². The average molecular weight is 348 g/mol. The Morgan fingerprint density at radius 2 is 2.17 bits per heavy atom. The number of aromatic nitrogens is 2. The molecular formula is C18H22ClN3O2. The molecule has 0 bridgehead atoms. The van der Waals surface area contributed by atoms with Crippen LogP contribution in [0.2, 0.25) is 5.02 Å². The zero-order valence-corrected chi connectivity index (χ0v) is 14.6. The third-order valence-corrected chi connectivity index (χ3v) is 4.70. The third kappa shape index (κ3) is 3.96. The summed E-state index contributed by atoms with van der Waals surface area (Å²) in [6, 6.07) is 7.42. The second kappa shape index (κ2) is 7.79. The van der Waals surface area contributed by atoms with Crippen LogP contribution in [0.3, 0.4) is 0 Å². The number of carbonyl (C=O) groups is 1. The zero-order chi connectivity index (χ0) is 16.9. The van der Waals surface area contributed by atoms with Crippen LogP contribution < -0.4 is 0 Å². The van der Waals surface area contributed by atoms with Crippen molar-refractivity contribution in [1.82, 2.24) is 15.0 Å². The highest BCUT2D eigenvalue weighted by atomic mass is 35.5. The van der Waals surface area contributed by atoms with Crippen LogP contribution in [0.25, 0.3) is 11.4 Å². The third-order valence-electron chi connectivity index (χ3n) is 4.47. The summed E-state index contributed by atoms with van der Waals surface area (Å²) in [5.41, 5.74) is 0.852. The first-order valence-electron chi connectivity index (χ1n) is 8.54. The summed E-state index contributed by atoms with van der Waals surface area (Å²) in [6.07, 6.45) is 4.41. The maximum atomic E-state index is 12.1. The van der Waals surface area contributed by atoms with Crippen molar-refractivity contribution in [3.8, 4) is 11.4 Å². The Hall–Kier alpha value is -1.88. The summed E-state index contributed by atoms with van der Waals surface area (Å²) >= 11 is 6.01. The molecule has 1 aliphatic rings. The van der Waals surface area contributed by atoms with Gasteiger partial charge in [0.15, 0.2) is 0 Å². The second-order valence-corrected chi connectivity index (χ2v) is 6.66. The molecule has 6 heteroatoms. The lowest BCUT2D eigenvalue weighted by Crippen LogP contribution is -2.37. The van der Waals surface area contributed by atoms with Crippen LogP contribution in [-0.2, 0) is 4.79 Å². The maximum Gasteiger partial charge on any atom is 0.230 e. The van der Waals surface area contributed by atoms with Gasteiger partial charge in [0, 0.05) is 36.0 Å². The van der Waals surface area contributed by atoms with Gasteiger partial charge in [-0.1, -0.05) is 42.2 Å². The summed E-state index contributed by atoms with van der Waals surface area (Å²) in [6.45, 7) is 3.64. The molecule has 2 heterocycles. The smallest absolute Gasteiger partial charge is 0.230 e. The van der Waals surface area contributed by atoms with Crippen molar-refractivity contribution in [1.29, 1.82) is 0 Å². The van der Waals surface area contributed by atoms with Crippen molar-refractivity contribution in [2.45, 2.75) is 44.9 Å². The zero-order valence-electron chi connectivity index (χ0n) is 13.9. The number of carbonyl (C=O) groups excluding carboxylic acids is 1. The molecule has 0 N–H and O–H groups in total. The molecule has 3 rings (SSSR count). The van der Waals surface area contributed by atoms with Crippen LogP contribution in [0.15, 0.2) is 28.8 Å². The van der Waals surface area contributed by atoms with Gasteiger partial charge in [0.1, 0.15) is 0 Å². The van der Waals surface area contributed by atoms with Crippen LogP contribution in [0.4, 0.5) is 0 Å². The fraction of sp³-hybridized carbons (Fsp3) is 0.500. The van der Waals surface area contributed by atoms with E-state index in [9.17, 15) is 4.79 Å². The fourth-order valence-electron chi connectivity index (χ4n) is 3.01. The van der Waals surface area contributed by atoms with Gasteiger partial charge in [-0.2, -0.15) is 4.98 Å². The van der Waals surface area contributed by atoms with E-state index in [4.69, 9.17) is 16.1 Å². The molecule has 1 aromatic heterocycles. The van der Waals surface area contributed by atoms with Gasteiger partial charge in [0.05, 0.1) is 0 Å². The SMILES string of the molecule is CCCCC(=O)N1CCC(c2nc(-c3cccc(Cl)c3)no2)CC1. The molecule has 128 valence electrons. The Balaban J connectivity index is 1.60. The Labute approximate surface area is 147 Å². The van der Waals surface area contributed by atoms with Gasteiger partial charge in [0.2, 0.25) is 17.6 Å². The van der Waals surface area contributed by atoms with Crippen molar-refractivity contribution in [2.24, 2.45) is 0 Å². The predicted octanol–water partition coefficient (Wildman–Crippen LogP) is 4.29. The topological polar surface area (TPSA) is 59.2 Å². The van der Waals surface area contributed by atoms with Crippen molar-refractivity contribution >= 4 is 17.5 Å². The Morgan fingerprint density at radius 3 is 2.88 bits per heavy atom. The molecule has 0 aliphatic carbocycles. The molecule has 1 aromatic carbocycles. The average Bonchev–Trinajstić information content (AvgIpc) is 3.10. The lowest BCUT2D eigenvalue weighted by Gasteiger charge is -2.30.